The molecule has 0 unspecified atom stereocenters. The van der Waals surface area contributed by atoms with Crippen LogP contribution in [0.5, 0.6) is 0 Å². The molecule has 0 atom stereocenters. The molecule has 1 heterocycles. The minimum absolute atomic E-state index is 0.0119. The summed E-state index contributed by atoms with van der Waals surface area (Å²) in [5, 5.41) is 4.84. The summed E-state index contributed by atoms with van der Waals surface area (Å²) in [6, 6.07) is 8.97. The van der Waals surface area contributed by atoms with E-state index in [2.05, 4.69) is 5.32 Å². The Kier molecular flexibility index (Phi) is 4.06. The second-order valence-corrected chi connectivity index (χ2v) is 8.76. The van der Waals surface area contributed by atoms with E-state index in [1.165, 1.54) is 17.6 Å². The van der Waals surface area contributed by atoms with E-state index >= 15 is 0 Å². The van der Waals surface area contributed by atoms with Crippen LogP contribution in [0.15, 0.2) is 35.7 Å². The van der Waals surface area contributed by atoms with E-state index in [-0.39, 0.29) is 11.7 Å². The monoisotopic (exact) mass is 335 g/mol. The average Bonchev–Trinajstić information content (AvgIpc) is 3.16. The van der Waals surface area contributed by atoms with Crippen molar-refractivity contribution in [1.82, 2.24) is 0 Å². The number of rotatable bonds is 5. The first-order chi connectivity index (χ1) is 10.4. The molecule has 2 aromatic rings. The molecular formula is C16H17NO3S2. The zero-order valence-electron chi connectivity index (χ0n) is 12.2. The molecule has 22 heavy (non-hydrogen) atoms. The molecule has 1 aromatic heterocycles. The Morgan fingerprint density at radius 3 is 2.50 bits per heavy atom. The number of benzene rings is 1. The van der Waals surface area contributed by atoms with Crippen LogP contribution in [0.25, 0.3) is 0 Å². The van der Waals surface area contributed by atoms with Crippen molar-refractivity contribution in [2.24, 2.45) is 0 Å². The molecule has 116 valence electrons. The molecule has 0 bridgehead atoms. The molecule has 1 aliphatic carbocycles. The molecule has 3 rings (SSSR count). The van der Waals surface area contributed by atoms with Crippen LogP contribution < -0.4 is 5.32 Å². The summed E-state index contributed by atoms with van der Waals surface area (Å²) in [6.45, 7) is 0. The largest absolute Gasteiger partial charge is 0.321 e. The number of sulfone groups is 1. The van der Waals surface area contributed by atoms with Crippen molar-refractivity contribution in [2.45, 2.75) is 24.5 Å². The van der Waals surface area contributed by atoms with Gasteiger partial charge in [-0.05, 0) is 53.5 Å². The fraction of sp³-hybridized carbons (Fsp3) is 0.312. The molecule has 0 radical (unpaired) electrons. The van der Waals surface area contributed by atoms with Gasteiger partial charge in [0, 0.05) is 11.9 Å². The zero-order chi connectivity index (χ0) is 15.7. The number of anilines is 1. The van der Waals surface area contributed by atoms with E-state index in [0.717, 1.165) is 28.8 Å². The second kappa shape index (κ2) is 5.85. The maximum Gasteiger partial charge on any atom is 0.266 e. The maximum absolute atomic E-state index is 12.3. The van der Waals surface area contributed by atoms with Gasteiger partial charge in [0.05, 0.1) is 10.6 Å². The van der Waals surface area contributed by atoms with Crippen LogP contribution in [0.4, 0.5) is 5.69 Å². The van der Waals surface area contributed by atoms with Crippen LogP contribution in [0, 0.1) is 0 Å². The fourth-order valence-corrected chi connectivity index (χ4v) is 4.07. The van der Waals surface area contributed by atoms with E-state index in [1.54, 1.807) is 24.3 Å². The standard InChI is InChI=1S/C16H17NO3S2/c1-22(19,20)10-11-2-6-13(7-3-11)17-16(18)15-14(8-9-21-15)12-4-5-12/h2-3,6-9,12H,4-5,10H2,1H3,(H,17,18). The summed E-state index contributed by atoms with van der Waals surface area (Å²) in [4.78, 5) is 13.1. The maximum atomic E-state index is 12.3. The zero-order valence-corrected chi connectivity index (χ0v) is 13.8. The smallest absolute Gasteiger partial charge is 0.266 e. The molecule has 0 aliphatic heterocycles. The molecule has 4 nitrogen and oxygen atoms in total. The SMILES string of the molecule is CS(=O)(=O)Cc1ccc(NC(=O)c2sccc2C2CC2)cc1. The normalized spacial score (nSPS) is 14.8. The number of carbonyl (C=O) groups excluding carboxylic acids is 1. The van der Waals surface area contributed by atoms with Crippen molar-refractivity contribution < 1.29 is 13.2 Å². The minimum Gasteiger partial charge on any atom is -0.321 e. The molecule has 0 spiro atoms. The minimum atomic E-state index is -3.04. The van der Waals surface area contributed by atoms with Crippen molar-refractivity contribution in [1.29, 1.82) is 0 Å². The molecule has 0 saturated heterocycles. The topological polar surface area (TPSA) is 63.2 Å². The third kappa shape index (κ3) is 3.75. The number of thiophene rings is 1. The number of carbonyl (C=O) groups is 1. The number of hydrogen-bond acceptors (Lipinski definition) is 4. The predicted octanol–water partition coefficient (Wildman–Crippen LogP) is 3.42. The van der Waals surface area contributed by atoms with Gasteiger partial charge in [0.1, 0.15) is 0 Å². The van der Waals surface area contributed by atoms with Crippen LogP contribution in [0.2, 0.25) is 0 Å². The average molecular weight is 335 g/mol. The van der Waals surface area contributed by atoms with Gasteiger partial charge in [0.2, 0.25) is 0 Å². The highest BCUT2D eigenvalue weighted by Gasteiger charge is 2.28. The van der Waals surface area contributed by atoms with Gasteiger partial charge in [0.15, 0.2) is 9.84 Å². The van der Waals surface area contributed by atoms with Gasteiger partial charge in [-0.3, -0.25) is 4.79 Å². The lowest BCUT2D eigenvalue weighted by molar-refractivity contribution is 0.102. The summed E-state index contributed by atoms with van der Waals surface area (Å²) in [5.74, 6) is 0.467. The second-order valence-electron chi connectivity index (χ2n) is 5.70. The summed E-state index contributed by atoms with van der Waals surface area (Å²) in [7, 11) is -3.04. The van der Waals surface area contributed by atoms with E-state index in [0.29, 0.717) is 11.6 Å². The van der Waals surface area contributed by atoms with Gasteiger partial charge >= 0.3 is 0 Å². The molecule has 1 N–H and O–H groups in total. The van der Waals surface area contributed by atoms with Gasteiger partial charge in [-0.1, -0.05) is 12.1 Å². The Bertz CT molecular complexity index is 787. The summed E-state index contributed by atoms with van der Waals surface area (Å²) < 4.78 is 22.5. The number of hydrogen-bond donors (Lipinski definition) is 1. The van der Waals surface area contributed by atoms with Crippen LogP contribution in [0.1, 0.15) is 39.6 Å². The van der Waals surface area contributed by atoms with Crippen LogP contribution in [0.3, 0.4) is 0 Å². The number of nitrogens with one attached hydrogen (secondary N) is 1. The lowest BCUT2D eigenvalue weighted by atomic mass is 10.1. The predicted molar refractivity (Wildman–Crippen MR) is 89.2 cm³/mol. The summed E-state index contributed by atoms with van der Waals surface area (Å²) in [6.07, 6.45) is 3.54. The molecule has 6 heteroatoms. The highest BCUT2D eigenvalue weighted by Crippen LogP contribution is 2.43. The van der Waals surface area contributed by atoms with Crippen molar-refractivity contribution >= 4 is 32.8 Å². The number of amides is 1. The van der Waals surface area contributed by atoms with Crippen LogP contribution in [-0.2, 0) is 15.6 Å². The van der Waals surface area contributed by atoms with Gasteiger partial charge in [-0.25, -0.2) is 8.42 Å². The van der Waals surface area contributed by atoms with Gasteiger partial charge in [-0.15, -0.1) is 11.3 Å². The third-order valence-corrected chi connectivity index (χ3v) is 5.35. The molecule has 1 amide bonds. The Hall–Kier alpha value is -1.66. The van der Waals surface area contributed by atoms with E-state index in [1.807, 2.05) is 11.4 Å². The Morgan fingerprint density at radius 2 is 1.91 bits per heavy atom. The van der Waals surface area contributed by atoms with E-state index in [4.69, 9.17) is 0 Å². The van der Waals surface area contributed by atoms with E-state index < -0.39 is 9.84 Å². The Balaban J connectivity index is 1.70. The Morgan fingerprint density at radius 1 is 1.23 bits per heavy atom. The lowest BCUT2D eigenvalue weighted by Gasteiger charge is -2.07. The van der Waals surface area contributed by atoms with Crippen LogP contribution >= 0.6 is 11.3 Å². The van der Waals surface area contributed by atoms with Gasteiger partial charge in [0.25, 0.3) is 5.91 Å². The highest BCUT2D eigenvalue weighted by atomic mass is 32.2. The fourth-order valence-electron chi connectivity index (χ4n) is 2.39. The van der Waals surface area contributed by atoms with Crippen LogP contribution in [-0.4, -0.2) is 20.6 Å². The third-order valence-electron chi connectivity index (χ3n) is 3.56. The Labute approximate surface area is 134 Å². The highest BCUT2D eigenvalue weighted by molar-refractivity contribution is 7.89. The van der Waals surface area contributed by atoms with Gasteiger partial charge < -0.3 is 5.32 Å². The van der Waals surface area contributed by atoms with E-state index in [9.17, 15) is 13.2 Å². The molecule has 1 aromatic carbocycles. The van der Waals surface area contributed by atoms with Crippen molar-refractivity contribution in [2.75, 3.05) is 11.6 Å². The van der Waals surface area contributed by atoms with Crippen molar-refractivity contribution in [3.05, 3.63) is 51.7 Å². The quantitative estimate of drug-likeness (QED) is 0.910. The summed E-state index contributed by atoms with van der Waals surface area (Å²) in [5.41, 5.74) is 2.55. The molecule has 1 saturated carbocycles. The molecule has 1 fully saturated rings. The van der Waals surface area contributed by atoms with Crippen molar-refractivity contribution in [3.63, 3.8) is 0 Å². The first-order valence-electron chi connectivity index (χ1n) is 7.08. The first-order valence-corrected chi connectivity index (χ1v) is 10.0. The first kappa shape index (κ1) is 15.2. The lowest BCUT2D eigenvalue weighted by Crippen LogP contribution is -2.12. The molecule has 1 aliphatic rings. The van der Waals surface area contributed by atoms with Gasteiger partial charge in [-0.2, -0.15) is 0 Å². The molecular weight excluding hydrogens is 318 g/mol. The van der Waals surface area contributed by atoms with Crippen molar-refractivity contribution in [3.8, 4) is 0 Å². The summed E-state index contributed by atoms with van der Waals surface area (Å²) >= 11 is 1.46.